The molecule has 4 N–H and O–H groups in total. The second-order valence-corrected chi connectivity index (χ2v) is 4.67. The Morgan fingerprint density at radius 1 is 1.30 bits per heavy atom. The molecule has 1 aromatic carbocycles. The van der Waals surface area contributed by atoms with Gasteiger partial charge < -0.3 is 15.4 Å². The van der Waals surface area contributed by atoms with Gasteiger partial charge in [-0.05, 0) is 6.92 Å². The largest absolute Gasteiger partial charge is 0.392 e. The van der Waals surface area contributed by atoms with Crippen LogP contribution in [-0.4, -0.2) is 34.8 Å². The first-order valence-electron chi connectivity index (χ1n) is 6.40. The molecule has 2 rings (SSSR count). The maximum Gasteiger partial charge on any atom is 0.163 e. The van der Waals surface area contributed by atoms with Crippen molar-refractivity contribution in [3.8, 4) is 11.4 Å². The summed E-state index contributed by atoms with van der Waals surface area (Å²) in [5.74, 6) is 7.29. The monoisotopic (exact) mass is 273 g/mol. The summed E-state index contributed by atoms with van der Waals surface area (Å²) in [6.45, 7) is 2.22. The number of rotatable bonds is 5. The van der Waals surface area contributed by atoms with E-state index in [0.29, 0.717) is 24.0 Å². The van der Waals surface area contributed by atoms with Crippen molar-refractivity contribution >= 4 is 11.6 Å². The second kappa shape index (κ2) is 6.31. The molecule has 20 heavy (non-hydrogen) atoms. The van der Waals surface area contributed by atoms with Crippen molar-refractivity contribution in [2.75, 3.05) is 23.9 Å². The van der Waals surface area contributed by atoms with E-state index >= 15 is 0 Å². The summed E-state index contributed by atoms with van der Waals surface area (Å²) < 4.78 is 0. The molecule has 0 spiro atoms. The Balaban J connectivity index is 2.39. The molecule has 0 aliphatic carbocycles. The fraction of sp³-hybridized carbons (Fsp3) is 0.286. The van der Waals surface area contributed by atoms with E-state index in [-0.39, 0.29) is 0 Å². The van der Waals surface area contributed by atoms with Crippen LogP contribution in [0.3, 0.4) is 0 Å². The summed E-state index contributed by atoms with van der Waals surface area (Å²) in [6.07, 6.45) is -0.440. The van der Waals surface area contributed by atoms with Crippen molar-refractivity contribution in [1.82, 2.24) is 9.97 Å². The van der Waals surface area contributed by atoms with Crippen molar-refractivity contribution in [2.24, 2.45) is 5.84 Å². The number of nitrogens with one attached hydrogen (secondary N) is 1. The van der Waals surface area contributed by atoms with Crippen molar-refractivity contribution in [3.05, 3.63) is 36.4 Å². The SMILES string of the molecule is CC(O)CN(C)c1cc(NN)nc(-c2ccccc2)n1. The zero-order valence-electron chi connectivity index (χ0n) is 11.6. The minimum atomic E-state index is -0.440. The van der Waals surface area contributed by atoms with Crippen LogP contribution < -0.4 is 16.2 Å². The lowest BCUT2D eigenvalue weighted by atomic mass is 10.2. The molecule has 2 aromatic rings. The van der Waals surface area contributed by atoms with E-state index in [1.807, 2.05) is 42.3 Å². The Hall–Kier alpha value is -2.18. The van der Waals surface area contributed by atoms with Gasteiger partial charge in [0.15, 0.2) is 5.82 Å². The number of benzene rings is 1. The van der Waals surface area contributed by atoms with Gasteiger partial charge in [-0.15, -0.1) is 0 Å². The van der Waals surface area contributed by atoms with Crippen molar-refractivity contribution in [3.63, 3.8) is 0 Å². The first kappa shape index (κ1) is 14.2. The van der Waals surface area contributed by atoms with Crippen LogP contribution in [0.4, 0.5) is 11.6 Å². The Bertz CT molecular complexity index is 559. The summed E-state index contributed by atoms with van der Waals surface area (Å²) >= 11 is 0. The molecule has 0 radical (unpaired) electrons. The predicted molar refractivity (Wildman–Crippen MR) is 80.2 cm³/mol. The van der Waals surface area contributed by atoms with Gasteiger partial charge in [-0.3, -0.25) is 0 Å². The highest BCUT2D eigenvalue weighted by Gasteiger charge is 2.11. The maximum atomic E-state index is 9.47. The van der Waals surface area contributed by atoms with Crippen LogP contribution in [0, 0.1) is 0 Å². The Morgan fingerprint density at radius 3 is 2.60 bits per heavy atom. The number of aromatic nitrogens is 2. The van der Waals surface area contributed by atoms with Crippen LogP contribution in [-0.2, 0) is 0 Å². The molecule has 1 heterocycles. The van der Waals surface area contributed by atoms with Gasteiger partial charge >= 0.3 is 0 Å². The van der Waals surface area contributed by atoms with Crippen molar-refractivity contribution in [2.45, 2.75) is 13.0 Å². The summed E-state index contributed by atoms with van der Waals surface area (Å²) in [6, 6.07) is 11.4. The van der Waals surface area contributed by atoms with Crippen molar-refractivity contribution < 1.29 is 5.11 Å². The molecule has 0 saturated heterocycles. The lowest BCUT2D eigenvalue weighted by Crippen LogP contribution is -2.28. The number of hydrazine groups is 1. The molecule has 1 atom stereocenters. The number of aliphatic hydroxyl groups excluding tert-OH is 1. The van der Waals surface area contributed by atoms with Gasteiger partial charge in [-0.25, -0.2) is 15.8 Å². The highest BCUT2D eigenvalue weighted by molar-refractivity contribution is 5.61. The normalized spacial score (nSPS) is 12.0. The molecule has 0 amide bonds. The minimum absolute atomic E-state index is 0.440. The van der Waals surface area contributed by atoms with E-state index in [4.69, 9.17) is 5.84 Å². The fourth-order valence-electron chi connectivity index (χ4n) is 1.91. The number of nitrogen functional groups attached to an aromatic ring is 1. The number of anilines is 2. The lowest BCUT2D eigenvalue weighted by Gasteiger charge is -2.20. The Morgan fingerprint density at radius 2 is 2.00 bits per heavy atom. The molecule has 0 aliphatic heterocycles. The van der Waals surface area contributed by atoms with E-state index in [1.54, 1.807) is 13.0 Å². The number of likely N-dealkylation sites (N-methyl/N-ethyl adjacent to an activating group) is 1. The number of hydrogen-bond donors (Lipinski definition) is 3. The molecule has 0 fully saturated rings. The van der Waals surface area contributed by atoms with Gasteiger partial charge in [-0.2, -0.15) is 0 Å². The third-order valence-electron chi connectivity index (χ3n) is 2.82. The zero-order valence-corrected chi connectivity index (χ0v) is 11.6. The fourth-order valence-corrected chi connectivity index (χ4v) is 1.91. The summed E-state index contributed by atoms with van der Waals surface area (Å²) in [5, 5.41) is 9.47. The molecule has 6 heteroatoms. The average Bonchev–Trinajstić information content (AvgIpc) is 2.47. The first-order valence-corrected chi connectivity index (χ1v) is 6.40. The zero-order chi connectivity index (χ0) is 14.5. The third-order valence-corrected chi connectivity index (χ3v) is 2.82. The van der Waals surface area contributed by atoms with Gasteiger partial charge in [0.2, 0.25) is 0 Å². The van der Waals surface area contributed by atoms with Crippen LogP contribution in [0.1, 0.15) is 6.92 Å². The number of hydrogen-bond acceptors (Lipinski definition) is 6. The number of aliphatic hydroxyl groups is 1. The molecular weight excluding hydrogens is 254 g/mol. The standard InChI is InChI=1S/C14H19N5O/c1-10(20)9-19(2)13-8-12(18-15)16-14(17-13)11-6-4-3-5-7-11/h3-8,10,20H,9,15H2,1-2H3,(H,16,17,18). The molecule has 1 unspecified atom stereocenters. The molecule has 106 valence electrons. The van der Waals surface area contributed by atoms with Crippen LogP contribution >= 0.6 is 0 Å². The van der Waals surface area contributed by atoms with E-state index in [2.05, 4.69) is 15.4 Å². The summed E-state index contributed by atoms with van der Waals surface area (Å²) in [4.78, 5) is 10.7. The highest BCUT2D eigenvalue weighted by atomic mass is 16.3. The molecule has 1 aromatic heterocycles. The second-order valence-electron chi connectivity index (χ2n) is 4.67. The molecule has 6 nitrogen and oxygen atoms in total. The quantitative estimate of drug-likeness (QED) is 0.561. The lowest BCUT2D eigenvalue weighted by molar-refractivity contribution is 0.201. The van der Waals surface area contributed by atoms with Crippen LogP contribution in [0.2, 0.25) is 0 Å². The minimum Gasteiger partial charge on any atom is -0.392 e. The highest BCUT2D eigenvalue weighted by Crippen LogP contribution is 2.21. The maximum absolute atomic E-state index is 9.47. The van der Waals surface area contributed by atoms with Crippen LogP contribution in [0.5, 0.6) is 0 Å². The first-order chi connectivity index (χ1) is 9.60. The molecular formula is C14H19N5O. The Labute approximate surface area is 118 Å². The van der Waals surface area contributed by atoms with Gasteiger partial charge in [0, 0.05) is 25.2 Å². The summed E-state index contributed by atoms with van der Waals surface area (Å²) in [7, 11) is 1.87. The molecule has 0 aliphatic rings. The topological polar surface area (TPSA) is 87.3 Å². The molecule has 0 saturated carbocycles. The number of nitrogens with two attached hydrogens (primary N) is 1. The van der Waals surface area contributed by atoms with Crippen molar-refractivity contribution in [1.29, 1.82) is 0 Å². The van der Waals surface area contributed by atoms with E-state index in [9.17, 15) is 5.11 Å². The summed E-state index contributed by atoms with van der Waals surface area (Å²) in [5.41, 5.74) is 3.46. The van der Waals surface area contributed by atoms with E-state index in [1.165, 1.54) is 0 Å². The van der Waals surface area contributed by atoms with Crippen LogP contribution in [0.15, 0.2) is 36.4 Å². The van der Waals surface area contributed by atoms with Gasteiger partial charge in [-0.1, -0.05) is 30.3 Å². The van der Waals surface area contributed by atoms with Gasteiger partial charge in [0.05, 0.1) is 6.10 Å². The van der Waals surface area contributed by atoms with Gasteiger partial charge in [0.25, 0.3) is 0 Å². The predicted octanol–water partition coefficient (Wildman–Crippen LogP) is 1.25. The smallest absolute Gasteiger partial charge is 0.163 e. The molecule has 0 bridgehead atoms. The third kappa shape index (κ3) is 3.43. The van der Waals surface area contributed by atoms with E-state index in [0.717, 1.165) is 5.56 Å². The van der Waals surface area contributed by atoms with Crippen LogP contribution in [0.25, 0.3) is 11.4 Å². The van der Waals surface area contributed by atoms with Gasteiger partial charge in [0.1, 0.15) is 11.6 Å². The van der Waals surface area contributed by atoms with E-state index < -0.39 is 6.10 Å². The average molecular weight is 273 g/mol. The Kier molecular flexibility index (Phi) is 4.49. The number of nitrogens with zero attached hydrogens (tertiary/aromatic N) is 3.